The van der Waals surface area contributed by atoms with Crippen molar-refractivity contribution in [3.05, 3.63) is 93.4 Å². The van der Waals surface area contributed by atoms with Crippen LogP contribution >= 0.6 is 0 Å². The standard InChI is InChI=1S/C28H31N3O2/c1-20-4-3-15-30(20)16-13-21-7-9-22(10-8-21)23-11-12-25-19-31(17-14-24(25)18-23)28(33)26-5-2-6-27(32)29-26/h2,5-12,18,20H,3-4,13-17,19H2,1H3,(H,29,32). The zero-order chi connectivity index (χ0) is 22.8. The molecule has 1 amide bonds. The van der Waals surface area contributed by atoms with Crippen LogP contribution in [0.1, 0.15) is 46.9 Å². The van der Waals surface area contributed by atoms with Gasteiger partial charge in [0.2, 0.25) is 5.56 Å². The lowest BCUT2D eigenvalue weighted by Crippen LogP contribution is -2.37. The number of H-pyrrole nitrogens is 1. The van der Waals surface area contributed by atoms with Crippen molar-refractivity contribution in [2.24, 2.45) is 0 Å². The molecule has 33 heavy (non-hydrogen) atoms. The number of pyridine rings is 1. The van der Waals surface area contributed by atoms with E-state index in [1.807, 2.05) is 4.90 Å². The zero-order valence-corrected chi connectivity index (χ0v) is 19.2. The van der Waals surface area contributed by atoms with Crippen molar-refractivity contribution in [1.29, 1.82) is 0 Å². The van der Waals surface area contributed by atoms with E-state index in [2.05, 4.69) is 59.3 Å². The second-order valence-corrected chi connectivity index (χ2v) is 9.36. The number of nitrogens with zero attached hydrogens (tertiary/aromatic N) is 2. The van der Waals surface area contributed by atoms with Gasteiger partial charge in [-0.1, -0.05) is 48.5 Å². The molecule has 1 N–H and O–H groups in total. The Morgan fingerprint density at radius 1 is 1.00 bits per heavy atom. The van der Waals surface area contributed by atoms with Crippen LogP contribution < -0.4 is 5.56 Å². The van der Waals surface area contributed by atoms with Crippen LogP contribution in [0.5, 0.6) is 0 Å². The molecular weight excluding hydrogens is 410 g/mol. The highest BCUT2D eigenvalue weighted by atomic mass is 16.2. The maximum atomic E-state index is 12.8. The summed E-state index contributed by atoms with van der Waals surface area (Å²) in [4.78, 5) is 31.4. The maximum Gasteiger partial charge on any atom is 0.270 e. The highest BCUT2D eigenvalue weighted by Crippen LogP contribution is 2.27. The highest BCUT2D eigenvalue weighted by molar-refractivity contribution is 5.92. The molecule has 0 radical (unpaired) electrons. The number of nitrogens with one attached hydrogen (secondary N) is 1. The molecule has 5 rings (SSSR count). The van der Waals surface area contributed by atoms with Gasteiger partial charge in [-0.2, -0.15) is 0 Å². The van der Waals surface area contributed by atoms with Gasteiger partial charge in [-0.05, 0) is 73.0 Å². The molecular formula is C28H31N3O2. The van der Waals surface area contributed by atoms with Gasteiger partial charge >= 0.3 is 0 Å². The van der Waals surface area contributed by atoms with Crippen molar-refractivity contribution in [2.45, 2.75) is 45.2 Å². The van der Waals surface area contributed by atoms with Crippen molar-refractivity contribution in [2.75, 3.05) is 19.6 Å². The third kappa shape index (κ3) is 4.79. The lowest BCUT2D eigenvalue weighted by molar-refractivity contribution is 0.0728. The average molecular weight is 442 g/mol. The molecule has 1 atom stereocenters. The van der Waals surface area contributed by atoms with E-state index in [0.29, 0.717) is 18.8 Å². The summed E-state index contributed by atoms with van der Waals surface area (Å²) in [7, 11) is 0. The first-order chi connectivity index (χ1) is 16.1. The fourth-order valence-electron chi connectivity index (χ4n) is 5.11. The van der Waals surface area contributed by atoms with Gasteiger partial charge in [-0.15, -0.1) is 0 Å². The van der Waals surface area contributed by atoms with E-state index in [-0.39, 0.29) is 11.5 Å². The first-order valence-electron chi connectivity index (χ1n) is 12.0. The number of hydrogen-bond donors (Lipinski definition) is 1. The summed E-state index contributed by atoms with van der Waals surface area (Å²) in [5.74, 6) is -0.124. The number of carbonyl (C=O) groups is 1. The maximum absolute atomic E-state index is 12.8. The summed E-state index contributed by atoms with van der Waals surface area (Å²) in [5.41, 5.74) is 6.42. The third-order valence-corrected chi connectivity index (χ3v) is 7.17. The van der Waals surface area contributed by atoms with E-state index in [9.17, 15) is 9.59 Å². The molecule has 1 saturated heterocycles. The van der Waals surface area contributed by atoms with E-state index in [1.165, 1.54) is 53.3 Å². The van der Waals surface area contributed by atoms with Gasteiger partial charge in [0.1, 0.15) is 5.69 Å². The topological polar surface area (TPSA) is 56.4 Å². The number of amides is 1. The molecule has 0 bridgehead atoms. The van der Waals surface area contributed by atoms with Crippen molar-refractivity contribution in [3.8, 4) is 11.1 Å². The number of benzene rings is 2. The Morgan fingerprint density at radius 2 is 1.82 bits per heavy atom. The van der Waals surface area contributed by atoms with Gasteiger partial charge in [0.05, 0.1) is 0 Å². The fourth-order valence-corrected chi connectivity index (χ4v) is 5.11. The Hall–Kier alpha value is -3.18. The summed E-state index contributed by atoms with van der Waals surface area (Å²) in [6.07, 6.45) is 4.58. The predicted molar refractivity (Wildman–Crippen MR) is 131 cm³/mol. The molecule has 3 heterocycles. The second kappa shape index (κ2) is 9.36. The Kier molecular flexibility index (Phi) is 6.14. The Labute approximate surface area is 195 Å². The molecule has 1 unspecified atom stereocenters. The van der Waals surface area contributed by atoms with Crippen molar-refractivity contribution in [3.63, 3.8) is 0 Å². The number of hydrogen-bond acceptors (Lipinski definition) is 3. The molecule has 0 aliphatic carbocycles. The number of fused-ring (bicyclic) bond motifs is 1. The van der Waals surface area contributed by atoms with Gasteiger partial charge in [-0.25, -0.2) is 0 Å². The normalized spacial score (nSPS) is 18.3. The third-order valence-electron chi connectivity index (χ3n) is 7.17. The molecule has 2 aliphatic rings. The summed E-state index contributed by atoms with van der Waals surface area (Å²) >= 11 is 0. The van der Waals surface area contributed by atoms with Gasteiger partial charge in [0.15, 0.2) is 0 Å². The van der Waals surface area contributed by atoms with E-state index in [4.69, 9.17) is 0 Å². The number of likely N-dealkylation sites (tertiary alicyclic amines) is 1. The molecule has 1 aromatic heterocycles. The Balaban J connectivity index is 1.25. The van der Waals surface area contributed by atoms with Crippen LogP contribution in [0.25, 0.3) is 11.1 Å². The summed E-state index contributed by atoms with van der Waals surface area (Å²) in [6.45, 7) is 5.94. The summed E-state index contributed by atoms with van der Waals surface area (Å²) < 4.78 is 0. The SMILES string of the molecule is CC1CCCN1CCc1ccc(-c2ccc3c(c2)CCN(C(=O)c2cccc(=O)[nH]2)C3)cc1. The number of aromatic nitrogens is 1. The van der Waals surface area contributed by atoms with Crippen LogP contribution in [0.4, 0.5) is 0 Å². The summed E-state index contributed by atoms with van der Waals surface area (Å²) in [5, 5.41) is 0. The van der Waals surface area contributed by atoms with Crippen LogP contribution in [-0.4, -0.2) is 46.4 Å². The number of aromatic amines is 1. The lowest BCUT2D eigenvalue weighted by atomic mass is 9.94. The molecule has 5 nitrogen and oxygen atoms in total. The predicted octanol–water partition coefficient (Wildman–Crippen LogP) is 4.27. The van der Waals surface area contributed by atoms with Crippen molar-refractivity contribution < 1.29 is 4.79 Å². The highest BCUT2D eigenvalue weighted by Gasteiger charge is 2.23. The first kappa shape index (κ1) is 21.7. The van der Waals surface area contributed by atoms with Crippen LogP contribution in [0.3, 0.4) is 0 Å². The molecule has 1 fully saturated rings. The van der Waals surface area contributed by atoms with Gasteiger partial charge in [0.25, 0.3) is 5.91 Å². The largest absolute Gasteiger partial charge is 0.333 e. The van der Waals surface area contributed by atoms with Crippen LogP contribution in [-0.2, 0) is 19.4 Å². The summed E-state index contributed by atoms with van der Waals surface area (Å²) in [6, 6.07) is 21.0. The molecule has 5 heteroatoms. The van der Waals surface area contributed by atoms with E-state index >= 15 is 0 Å². The van der Waals surface area contributed by atoms with Crippen LogP contribution in [0.2, 0.25) is 0 Å². The Bertz CT molecular complexity index is 1200. The second-order valence-electron chi connectivity index (χ2n) is 9.36. The molecule has 2 aromatic carbocycles. The molecule has 2 aliphatic heterocycles. The quantitative estimate of drug-likeness (QED) is 0.643. The van der Waals surface area contributed by atoms with E-state index in [0.717, 1.165) is 25.4 Å². The van der Waals surface area contributed by atoms with Gasteiger partial charge in [0, 0.05) is 31.7 Å². The molecule has 3 aromatic rings. The molecule has 0 saturated carbocycles. The Morgan fingerprint density at radius 3 is 2.58 bits per heavy atom. The number of rotatable bonds is 5. The van der Waals surface area contributed by atoms with Crippen molar-refractivity contribution in [1.82, 2.24) is 14.8 Å². The minimum absolute atomic E-state index is 0.124. The van der Waals surface area contributed by atoms with Crippen LogP contribution in [0, 0.1) is 0 Å². The minimum Gasteiger partial charge on any atom is -0.333 e. The average Bonchev–Trinajstić information content (AvgIpc) is 3.26. The fraction of sp³-hybridized carbons (Fsp3) is 0.357. The van der Waals surface area contributed by atoms with Gasteiger partial charge < -0.3 is 14.8 Å². The van der Waals surface area contributed by atoms with E-state index in [1.54, 1.807) is 12.1 Å². The molecule has 0 spiro atoms. The molecule has 170 valence electrons. The first-order valence-corrected chi connectivity index (χ1v) is 12.0. The zero-order valence-electron chi connectivity index (χ0n) is 19.2. The number of carbonyl (C=O) groups excluding carboxylic acids is 1. The van der Waals surface area contributed by atoms with Crippen molar-refractivity contribution >= 4 is 5.91 Å². The van der Waals surface area contributed by atoms with E-state index < -0.39 is 0 Å². The lowest BCUT2D eigenvalue weighted by Gasteiger charge is -2.29. The smallest absolute Gasteiger partial charge is 0.270 e. The van der Waals surface area contributed by atoms with Crippen LogP contribution in [0.15, 0.2) is 65.5 Å². The minimum atomic E-state index is -0.250. The van der Waals surface area contributed by atoms with Gasteiger partial charge in [-0.3, -0.25) is 9.59 Å². The monoisotopic (exact) mass is 441 g/mol.